The van der Waals surface area contributed by atoms with E-state index in [1.54, 1.807) is 17.9 Å². The molecule has 0 radical (unpaired) electrons. The summed E-state index contributed by atoms with van der Waals surface area (Å²) < 4.78 is 1.92. The largest absolute Gasteiger partial charge is 0.312 e. The van der Waals surface area contributed by atoms with Crippen LogP contribution < -0.4 is 10.5 Å². The van der Waals surface area contributed by atoms with E-state index in [-0.39, 0.29) is 17.2 Å². The maximum atomic E-state index is 13.0. The highest BCUT2D eigenvalue weighted by molar-refractivity contribution is 6.00. The molecule has 6 nitrogen and oxygen atoms in total. The first-order chi connectivity index (χ1) is 14.0. The molecule has 0 saturated carbocycles. The fourth-order valence-corrected chi connectivity index (χ4v) is 5.32. The van der Waals surface area contributed by atoms with Gasteiger partial charge in [-0.1, -0.05) is 6.07 Å². The Hall–Kier alpha value is -2.73. The molecule has 2 atom stereocenters. The normalized spacial score (nSPS) is 22.9. The summed E-state index contributed by atoms with van der Waals surface area (Å²) in [5.74, 6) is 0.896. The van der Waals surface area contributed by atoms with Crippen LogP contribution in [0.15, 0.2) is 41.2 Å². The van der Waals surface area contributed by atoms with E-state index in [9.17, 15) is 14.4 Å². The van der Waals surface area contributed by atoms with Crippen molar-refractivity contribution in [1.29, 1.82) is 0 Å². The zero-order valence-electron chi connectivity index (χ0n) is 16.6. The second-order valence-electron chi connectivity index (χ2n) is 8.58. The number of benzene rings is 1. The Labute approximate surface area is 169 Å². The smallest absolute Gasteiger partial charge is 0.250 e. The Kier molecular flexibility index (Phi) is 4.39. The Balaban J connectivity index is 1.31. The zero-order chi connectivity index (χ0) is 20.1. The Morgan fingerprint density at radius 2 is 1.97 bits per heavy atom. The van der Waals surface area contributed by atoms with Crippen molar-refractivity contribution in [3.8, 4) is 0 Å². The molecule has 3 aliphatic heterocycles. The molecule has 1 aromatic carbocycles. The van der Waals surface area contributed by atoms with Crippen LogP contribution >= 0.6 is 0 Å². The zero-order valence-corrected chi connectivity index (χ0v) is 16.6. The number of carbonyl (C=O) groups excluding carboxylic acids is 2. The van der Waals surface area contributed by atoms with Gasteiger partial charge in [-0.05, 0) is 48.6 Å². The van der Waals surface area contributed by atoms with Crippen LogP contribution in [0.2, 0.25) is 0 Å². The third-order valence-corrected chi connectivity index (χ3v) is 6.60. The van der Waals surface area contributed by atoms with Crippen molar-refractivity contribution in [3.63, 3.8) is 0 Å². The predicted molar refractivity (Wildman–Crippen MR) is 110 cm³/mol. The van der Waals surface area contributed by atoms with Gasteiger partial charge in [-0.3, -0.25) is 19.3 Å². The first kappa shape index (κ1) is 18.3. The number of Topliss-reactive ketones (excluding diaryl/α,β-unsaturated/α-hetero) is 1. The summed E-state index contributed by atoms with van der Waals surface area (Å²) >= 11 is 0. The molecule has 3 aliphatic rings. The Morgan fingerprint density at radius 1 is 1.10 bits per heavy atom. The lowest BCUT2D eigenvalue weighted by molar-refractivity contribution is -0.116. The second kappa shape index (κ2) is 6.95. The van der Waals surface area contributed by atoms with Gasteiger partial charge in [0.1, 0.15) is 0 Å². The summed E-state index contributed by atoms with van der Waals surface area (Å²) in [6, 6.07) is 11.2. The van der Waals surface area contributed by atoms with E-state index in [2.05, 4.69) is 11.0 Å². The Bertz CT molecular complexity index is 1060. The molecule has 0 unspecified atom stereocenters. The highest BCUT2D eigenvalue weighted by atomic mass is 16.2. The molecule has 0 aliphatic carbocycles. The molecular weight excluding hydrogens is 366 g/mol. The second-order valence-corrected chi connectivity index (χ2v) is 8.58. The summed E-state index contributed by atoms with van der Waals surface area (Å²) in [7, 11) is 0. The summed E-state index contributed by atoms with van der Waals surface area (Å²) in [4.78, 5) is 40.9. The van der Waals surface area contributed by atoms with Crippen molar-refractivity contribution in [1.82, 2.24) is 9.47 Å². The van der Waals surface area contributed by atoms with Crippen molar-refractivity contribution in [2.75, 3.05) is 31.1 Å². The fraction of sp³-hybridized carbons (Fsp3) is 0.435. The lowest BCUT2D eigenvalue weighted by Crippen LogP contribution is -2.48. The van der Waals surface area contributed by atoms with Crippen LogP contribution in [0.4, 0.5) is 5.69 Å². The number of piperidine rings is 1. The van der Waals surface area contributed by atoms with Crippen molar-refractivity contribution < 1.29 is 9.59 Å². The van der Waals surface area contributed by atoms with E-state index < -0.39 is 0 Å². The number of anilines is 1. The molecule has 150 valence electrons. The first-order valence-corrected chi connectivity index (χ1v) is 10.4. The van der Waals surface area contributed by atoms with Crippen LogP contribution in [0, 0.1) is 5.92 Å². The minimum atomic E-state index is 0.0436. The fourth-order valence-electron chi connectivity index (χ4n) is 5.32. The number of hydrogen-bond acceptors (Lipinski definition) is 4. The molecule has 29 heavy (non-hydrogen) atoms. The summed E-state index contributed by atoms with van der Waals surface area (Å²) in [5.41, 5.74) is 3.92. The maximum Gasteiger partial charge on any atom is 0.250 e. The van der Waals surface area contributed by atoms with Gasteiger partial charge in [0, 0.05) is 62.0 Å². The molecule has 1 saturated heterocycles. The molecule has 1 amide bonds. The van der Waals surface area contributed by atoms with Crippen molar-refractivity contribution in [3.05, 3.63) is 63.6 Å². The number of likely N-dealkylation sites (tertiary alicyclic amines) is 1. The average Bonchev–Trinajstić information content (AvgIpc) is 3.12. The van der Waals surface area contributed by atoms with E-state index in [1.807, 2.05) is 28.8 Å². The van der Waals surface area contributed by atoms with E-state index in [0.717, 1.165) is 55.0 Å². The first-order valence-electron chi connectivity index (χ1n) is 10.4. The monoisotopic (exact) mass is 391 g/mol. The van der Waals surface area contributed by atoms with Gasteiger partial charge in [-0.15, -0.1) is 0 Å². The topological polar surface area (TPSA) is 62.6 Å². The average molecular weight is 391 g/mol. The lowest BCUT2D eigenvalue weighted by Gasteiger charge is -2.42. The molecule has 4 heterocycles. The van der Waals surface area contributed by atoms with Crippen LogP contribution in [0.5, 0.6) is 0 Å². The SMILES string of the molecule is CC(=O)N1CCc2cc(C(=O)CN3C[C@H]4C[C@@H](C3)c3cccc(=O)n3C4)ccc21. The van der Waals surface area contributed by atoms with E-state index in [1.165, 1.54) is 0 Å². The molecule has 1 fully saturated rings. The van der Waals surface area contributed by atoms with Crippen LogP contribution in [0.1, 0.15) is 40.9 Å². The van der Waals surface area contributed by atoms with E-state index in [4.69, 9.17) is 0 Å². The molecular formula is C23H25N3O3. The highest BCUT2D eigenvalue weighted by Crippen LogP contribution is 2.35. The van der Waals surface area contributed by atoms with Gasteiger partial charge in [0.2, 0.25) is 5.91 Å². The van der Waals surface area contributed by atoms with Crippen molar-refractivity contribution in [2.24, 2.45) is 5.92 Å². The number of amides is 1. The summed E-state index contributed by atoms with van der Waals surface area (Å²) in [6.45, 7) is 5.08. The molecule has 2 bridgehead atoms. The molecule has 1 aromatic heterocycles. The Morgan fingerprint density at radius 3 is 2.79 bits per heavy atom. The van der Waals surface area contributed by atoms with Gasteiger partial charge >= 0.3 is 0 Å². The number of aromatic nitrogens is 1. The number of ketones is 1. The minimum Gasteiger partial charge on any atom is -0.312 e. The summed E-state index contributed by atoms with van der Waals surface area (Å²) in [6.07, 6.45) is 1.89. The van der Waals surface area contributed by atoms with Crippen molar-refractivity contribution in [2.45, 2.75) is 32.2 Å². The number of carbonyl (C=O) groups is 2. The number of pyridine rings is 1. The number of hydrogen-bond donors (Lipinski definition) is 0. The van der Waals surface area contributed by atoms with Crippen LogP contribution in [0.3, 0.4) is 0 Å². The highest BCUT2D eigenvalue weighted by Gasteiger charge is 2.35. The third kappa shape index (κ3) is 3.21. The van der Waals surface area contributed by atoms with Crippen LogP contribution in [0.25, 0.3) is 0 Å². The minimum absolute atomic E-state index is 0.0436. The van der Waals surface area contributed by atoms with Gasteiger partial charge in [-0.2, -0.15) is 0 Å². The van der Waals surface area contributed by atoms with Crippen LogP contribution in [-0.4, -0.2) is 47.3 Å². The molecule has 6 heteroatoms. The molecule has 2 aromatic rings. The molecule has 5 rings (SSSR count). The quantitative estimate of drug-likeness (QED) is 0.752. The standard InChI is InChI=1S/C23H25N3O3/c1-15(27)25-8-7-17-10-18(5-6-21(17)25)22(28)14-24-11-16-9-19(13-24)20-3-2-4-23(29)26(20)12-16/h2-6,10,16,19H,7-9,11-14H2,1H3/t16-,19+/m1/s1. The van der Waals surface area contributed by atoms with Gasteiger partial charge in [0.25, 0.3) is 5.56 Å². The van der Waals surface area contributed by atoms with E-state index >= 15 is 0 Å². The number of rotatable bonds is 3. The lowest BCUT2D eigenvalue weighted by atomic mass is 9.83. The predicted octanol–water partition coefficient (Wildman–Crippen LogP) is 2.06. The van der Waals surface area contributed by atoms with Crippen molar-refractivity contribution >= 4 is 17.4 Å². The van der Waals surface area contributed by atoms with Gasteiger partial charge in [-0.25, -0.2) is 0 Å². The number of nitrogens with zero attached hydrogens (tertiary/aromatic N) is 3. The van der Waals surface area contributed by atoms with E-state index in [0.29, 0.717) is 24.9 Å². The number of fused-ring (bicyclic) bond motifs is 5. The summed E-state index contributed by atoms with van der Waals surface area (Å²) in [5, 5.41) is 0. The molecule has 0 N–H and O–H groups in total. The maximum absolute atomic E-state index is 13.0. The third-order valence-electron chi connectivity index (χ3n) is 6.60. The molecule has 0 spiro atoms. The van der Waals surface area contributed by atoms with Crippen LogP contribution in [-0.2, 0) is 17.8 Å². The van der Waals surface area contributed by atoms with Gasteiger partial charge < -0.3 is 9.47 Å². The van der Waals surface area contributed by atoms with Gasteiger partial charge in [0.05, 0.1) is 6.54 Å². The van der Waals surface area contributed by atoms with Gasteiger partial charge in [0.15, 0.2) is 5.78 Å².